The molecule has 1 saturated heterocycles. The molecule has 2 N–H and O–H groups in total. The molecule has 0 radical (unpaired) electrons. The number of para-hydroxylation sites is 1. The highest BCUT2D eigenvalue weighted by Crippen LogP contribution is 2.21. The van der Waals surface area contributed by atoms with Gasteiger partial charge in [-0.2, -0.15) is 0 Å². The molecule has 1 aliphatic heterocycles. The summed E-state index contributed by atoms with van der Waals surface area (Å²) in [5, 5.41) is 5.92. The number of methoxy groups -OCH3 is 1. The molecule has 27 heavy (non-hydrogen) atoms. The van der Waals surface area contributed by atoms with Crippen molar-refractivity contribution in [1.29, 1.82) is 0 Å². The van der Waals surface area contributed by atoms with Crippen LogP contribution in [-0.2, 0) is 11.3 Å². The van der Waals surface area contributed by atoms with E-state index in [9.17, 15) is 4.79 Å². The van der Waals surface area contributed by atoms with Crippen LogP contribution in [-0.4, -0.2) is 50.9 Å². The van der Waals surface area contributed by atoms with E-state index in [2.05, 4.69) is 27.7 Å². The second kappa shape index (κ2) is 9.94. The van der Waals surface area contributed by atoms with Gasteiger partial charge >= 0.3 is 6.03 Å². The van der Waals surface area contributed by atoms with Crippen LogP contribution in [0.15, 0.2) is 54.6 Å². The van der Waals surface area contributed by atoms with Crippen molar-refractivity contribution in [3.05, 3.63) is 65.7 Å². The topological polar surface area (TPSA) is 62.8 Å². The molecule has 144 valence electrons. The summed E-state index contributed by atoms with van der Waals surface area (Å²) < 4.78 is 10.8. The highest BCUT2D eigenvalue weighted by atomic mass is 16.5. The maximum Gasteiger partial charge on any atom is 0.315 e. The number of nitrogens with zero attached hydrogens (tertiary/aromatic N) is 1. The lowest BCUT2D eigenvalue weighted by Gasteiger charge is -2.34. The first kappa shape index (κ1) is 19.2. The van der Waals surface area contributed by atoms with Crippen molar-refractivity contribution in [3.8, 4) is 5.75 Å². The summed E-state index contributed by atoms with van der Waals surface area (Å²) in [5.41, 5.74) is 2.15. The molecule has 0 bridgehead atoms. The van der Waals surface area contributed by atoms with Crippen molar-refractivity contribution in [1.82, 2.24) is 15.5 Å². The molecule has 0 saturated carbocycles. The monoisotopic (exact) mass is 369 g/mol. The van der Waals surface area contributed by atoms with Crippen LogP contribution in [0.25, 0.3) is 0 Å². The number of urea groups is 1. The normalized spacial score (nSPS) is 15.7. The highest BCUT2D eigenvalue weighted by molar-refractivity contribution is 5.74. The van der Waals surface area contributed by atoms with Crippen LogP contribution in [0.5, 0.6) is 5.75 Å². The Morgan fingerprint density at radius 3 is 2.52 bits per heavy atom. The van der Waals surface area contributed by atoms with E-state index in [1.165, 1.54) is 5.56 Å². The Kier molecular flexibility index (Phi) is 7.07. The van der Waals surface area contributed by atoms with Gasteiger partial charge in [0, 0.05) is 31.7 Å². The molecule has 0 aliphatic carbocycles. The van der Waals surface area contributed by atoms with Crippen LogP contribution in [0.1, 0.15) is 17.2 Å². The average molecular weight is 369 g/mol. The average Bonchev–Trinajstić information content (AvgIpc) is 2.74. The molecule has 6 nitrogen and oxygen atoms in total. The number of hydrogen-bond acceptors (Lipinski definition) is 4. The first-order valence-corrected chi connectivity index (χ1v) is 9.28. The largest absolute Gasteiger partial charge is 0.496 e. The minimum Gasteiger partial charge on any atom is -0.496 e. The van der Waals surface area contributed by atoms with Crippen LogP contribution in [0.3, 0.4) is 0 Å². The molecule has 0 aromatic heterocycles. The van der Waals surface area contributed by atoms with Crippen LogP contribution >= 0.6 is 0 Å². The Bertz CT molecular complexity index is 718. The van der Waals surface area contributed by atoms with Gasteiger partial charge in [0.15, 0.2) is 0 Å². The number of amides is 2. The predicted octanol–water partition coefficient (Wildman–Crippen LogP) is 2.57. The van der Waals surface area contributed by atoms with E-state index in [0.717, 1.165) is 37.6 Å². The molecule has 0 spiro atoms. The molecule has 1 fully saturated rings. The van der Waals surface area contributed by atoms with Crippen LogP contribution in [0, 0.1) is 0 Å². The number of ether oxygens (including phenoxy) is 2. The van der Waals surface area contributed by atoms with Gasteiger partial charge in [-0.1, -0.05) is 48.5 Å². The summed E-state index contributed by atoms with van der Waals surface area (Å²) in [7, 11) is 1.63. The number of carbonyl (C=O) groups excluding carboxylic acids is 1. The second-order valence-corrected chi connectivity index (χ2v) is 6.45. The van der Waals surface area contributed by atoms with Gasteiger partial charge in [-0.15, -0.1) is 0 Å². The van der Waals surface area contributed by atoms with Crippen molar-refractivity contribution in [2.75, 3.05) is 40.0 Å². The fourth-order valence-corrected chi connectivity index (χ4v) is 3.30. The molecule has 2 aromatic rings. The number of nitrogens with one attached hydrogen (secondary N) is 2. The maximum atomic E-state index is 12.3. The third-order valence-corrected chi connectivity index (χ3v) is 4.76. The highest BCUT2D eigenvalue weighted by Gasteiger charge is 2.23. The number of carbonyl (C=O) groups is 1. The molecule has 1 aliphatic rings. The van der Waals surface area contributed by atoms with Gasteiger partial charge in [-0.3, -0.25) is 4.90 Å². The standard InChI is InChI=1S/C21H27N3O3/c1-26-20-10-6-5-9-18(20)15-22-21(25)23-16-19(17-7-3-2-4-8-17)24-11-13-27-14-12-24/h2-10,19H,11-16H2,1H3,(H2,22,23,25). The smallest absolute Gasteiger partial charge is 0.315 e. The van der Waals surface area contributed by atoms with E-state index < -0.39 is 0 Å². The Labute approximate surface area is 160 Å². The number of morpholine rings is 1. The van der Waals surface area contributed by atoms with Gasteiger partial charge in [0.25, 0.3) is 0 Å². The molecular weight excluding hydrogens is 342 g/mol. The first-order valence-electron chi connectivity index (χ1n) is 9.28. The minimum absolute atomic E-state index is 0.132. The Morgan fingerprint density at radius 2 is 1.78 bits per heavy atom. The SMILES string of the molecule is COc1ccccc1CNC(=O)NCC(c1ccccc1)N1CCOCC1. The Hall–Kier alpha value is -2.57. The van der Waals surface area contributed by atoms with Gasteiger partial charge in [0.2, 0.25) is 0 Å². The third-order valence-electron chi connectivity index (χ3n) is 4.76. The third kappa shape index (κ3) is 5.45. The van der Waals surface area contributed by atoms with Crippen LogP contribution in [0.2, 0.25) is 0 Å². The molecule has 2 aromatic carbocycles. The van der Waals surface area contributed by atoms with E-state index >= 15 is 0 Å². The van der Waals surface area contributed by atoms with Crippen molar-refractivity contribution < 1.29 is 14.3 Å². The summed E-state index contributed by atoms with van der Waals surface area (Å²) in [6.07, 6.45) is 0. The van der Waals surface area contributed by atoms with Crippen molar-refractivity contribution in [3.63, 3.8) is 0 Å². The summed E-state index contributed by atoms with van der Waals surface area (Å²) in [6, 6.07) is 17.9. The van der Waals surface area contributed by atoms with E-state index in [1.807, 2.05) is 42.5 Å². The van der Waals surface area contributed by atoms with E-state index in [4.69, 9.17) is 9.47 Å². The summed E-state index contributed by atoms with van der Waals surface area (Å²) in [6.45, 7) is 4.14. The molecular formula is C21H27N3O3. The fraction of sp³-hybridized carbons (Fsp3) is 0.381. The second-order valence-electron chi connectivity index (χ2n) is 6.45. The quantitative estimate of drug-likeness (QED) is 0.787. The first-order chi connectivity index (χ1) is 13.3. The van der Waals surface area contributed by atoms with E-state index in [-0.39, 0.29) is 12.1 Å². The van der Waals surface area contributed by atoms with Crippen molar-refractivity contribution in [2.24, 2.45) is 0 Å². The summed E-state index contributed by atoms with van der Waals surface area (Å²) >= 11 is 0. The lowest BCUT2D eigenvalue weighted by Crippen LogP contribution is -2.45. The minimum atomic E-state index is -0.185. The van der Waals surface area contributed by atoms with E-state index in [1.54, 1.807) is 7.11 Å². The summed E-state index contributed by atoms with van der Waals surface area (Å²) in [5.74, 6) is 0.772. The van der Waals surface area contributed by atoms with Crippen LogP contribution < -0.4 is 15.4 Å². The predicted molar refractivity (Wildman–Crippen MR) is 105 cm³/mol. The van der Waals surface area contributed by atoms with Crippen molar-refractivity contribution in [2.45, 2.75) is 12.6 Å². The number of hydrogen-bond donors (Lipinski definition) is 2. The lowest BCUT2D eigenvalue weighted by atomic mass is 10.0. The molecule has 1 unspecified atom stereocenters. The number of benzene rings is 2. The van der Waals surface area contributed by atoms with Gasteiger partial charge in [-0.25, -0.2) is 4.79 Å². The maximum absolute atomic E-state index is 12.3. The molecule has 1 atom stereocenters. The van der Waals surface area contributed by atoms with Gasteiger partial charge in [0.05, 0.1) is 26.4 Å². The molecule has 1 heterocycles. The summed E-state index contributed by atoms with van der Waals surface area (Å²) in [4.78, 5) is 14.7. The molecule has 6 heteroatoms. The van der Waals surface area contributed by atoms with Gasteiger partial charge < -0.3 is 20.1 Å². The van der Waals surface area contributed by atoms with Gasteiger partial charge in [0.1, 0.15) is 5.75 Å². The lowest BCUT2D eigenvalue weighted by molar-refractivity contribution is 0.0167. The zero-order valence-corrected chi connectivity index (χ0v) is 15.7. The molecule has 2 amide bonds. The zero-order valence-electron chi connectivity index (χ0n) is 15.7. The van der Waals surface area contributed by atoms with Gasteiger partial charge in [-0.05, 0) is 11.6 Å². The Morgan fingerprint density at radius 1 is 1.07 bits per heavy atom. The fourth-order valence-electron chi connectivity index (χ4n) is 3.30. The zero-order chi connectivity index (χ0) is 18.9. The number of rotatable bonds is 7. The van der Waals surface area contributed by atoms with E-state index in [0.29, 0.717) is 13.1 Å². The Balaban J connectivity index is 1.57. The van der Waals surface area contributed by atoms with Crippen molar-refractivity contribution >= 4 is 6.03 Å². The van der Waals surface area contributed by atoms with Crippen LogP contribution in [0.4, 0.5) is 4.79 Å². The molecule has 3 rings (SSSR count).